The number of urea groups is 1. The Kier molecular flexibility index (Phi) is 5.12. The van der Waals surface area contributed by atoms with Gasteiger partial charge in [-0.3, -0.25) is 0 Å². The molecule has 1 aromatic carbocycles. The third-order valence-corrected chi connectivity index (χ3v) is 4.04. The first-order valence-corrected chi connectivity index (χ1v) is 7.66. The number of nitrogens with one attached hydrogen (secondary N) is 2. The molecule has 0 radical (unpaired) electrons. The summed E-state index contributed by atoms with van der Waals surface area (Å²) in [6.45, 7) is 7.87. The lowest BCUT2D eigenvalue weighted by Crippen LogP contribution is -2.40. The third kappa shape index (κ3) is 4.35. The molecule has 4 nitrogen and oxygen atoms in total. The largest absolute Gasteiger partial charge is 0.377 e. The number of para-hydroxylation sites is 1. The van der Waals surface area contributed by atoms with Gasteiger partial charge in [0.1, 0.15) is 0 Å². The molecule has 21 heavy (non-hydrogen) atoms. The summed E-state index contributed by atoms with van der Waals surface area (Å²) in [5.41, 5.74) is 0.703. The van der Waals surface area contributed by atoms with Crippen molar-refractivity contribution in [1.82, 2.24) is 5.32 Å². The molecule has 1 heterocycles. The van der Waals surface area contributed by atoms with Crippen molar-refractivity contribution in [2.24, 2.45) is 11.3 Å². The fourth-order valence-electron chi connectivity index (χ4n) is 2.75. The lowest BCUT2D eigenvalue weighted by Gasteiger charge is -2.31. The quantitative estimate of drug-likeness (QED) is 0.889. The molecule has 2 atom stereocenters. The van der Waals surface area contributed by atoms with Crippen LogP contribution in [0, 0.1) is 11.3 Å². The van der Waals surface area contributed by atoms with E-state index in [0.717, 1.165) is 13.0 Å². The molecule has 5 heteroatoms. The highest BCUT2D eigenvalue weighted by molar-refractivity contribution is 6.33. The number of anilines is 1. The van der Waals surface area contributed by atoms with Crippen LogP contribution >= 0.6 is 11.6 Å². The Morgan fingerprint density at radius 2 is 2.10 bits per heavy atom. The maximum Gasteiger partial charge on any atom is 0.319 e. The minimum atomic E-state index is -0.234. The number of rotatable bonds is 3. The topological polar surface area (TPSA) is 50.4 Å². The van der Waals surface area contributed by atoms with Crippen LogP contribution in [0.3, 0.4) is 0 Å². The standard InChI is InChI=1S/C16H23ClN2O2/c1-16(2,3)14-11(8-9-21-14)10-18-15(20)19-13-7-5-4-6-12(13)17/h4-7,11,14H,8-10H2,1-3H3,(H2,18,19,20)/t11-,14+/m1/s1. The summed E-state index contributed by atoms with van der Waals surface area (Å²) >= 11 is 6.02. The molecule has 116 valence electrons. The summed E-state index contributed by atoms with van der Waals surface area (Å²) in [5, 5.41) is 6.21. The van der Waals surface area contributed by atoms with Gasteiger partial charge in [0.25, 0.3) is 0 Å². The normalized spacial score (nSPS) is 22.1. The second-order valence-electron chi connectivity index (χ2n) is 6.52. The summed E-state index contributed by atoms with van der Waals surface area (Å²) in [4.78, 5) is 12.0. The van der Waals surface area contributed by atoms with Gasteiger partial charge < -0.3 is 15.4 Å². The lowest BCUT2D eigenvalue weighted by molar-refractivity contribution is 0.00782. The molecule has 0 bridgehead atoms. The first kappa shape index (κ1) is 16.1. The van der Waals surface area contributed by atoms with E-state index in [1.807, 2.05) is 12.1 Å². The molecular weight excluding hydrogens is 288 g/mol. The van der Waals surface area contributed by atoms with E-state index in [4.69, 9.17) is 16.3 Å². The summed E-state index contributed by atoms with van der Waals surface area (Å²) in [6, 6.07) is 6.95. The Morgan fingerprint density at radius 1 is 1.38 bits per heavy atom. The van der Waals surface area contributed by atoms with Crippen molar-refractivity contribution in [3.8, 4) is 0 Å². The van der Waals surface area contributed by atoms with E-state index in [-0.39, 0.29) is 17.6 Å². The first-order chi connectivity index (χ1) is 9.88. The van der Waals surface area contributed by atoms with Crippen LogP contribution in [0.5, 0.6) is 0 Å². The average molecular weight is 311 g/mol. The Labute approximate surface area is 131 Å². The SMILES string of the molecule is CC(C)(C)[C@H]1OCC[C@@H]1CNC(=O)Nc1ccccc1Cl. The smallest absolute Gasteiger partial charge is 0.319 e. The molecule has 0 saturated carbocycles. The minimum absolute atomic E-state index is 0.0854. The minimum Gasteiger partial charge on any atom is -0.377 e. The van der Waals surface area contributed by atoms with E-state index >= 15 is 0 Å². The maximum absolute atomic E-state index is 12.0. The van der Waals surface area contributed by atoms with Crippen molar-refractivity contribution < 1.29 is 9.53 Å². The van der Waals surface area contributed by atoms with Crippen LogP contribution in [0.25, 0.3) is 0 Å². The zero-order valence-electron chi connectivity index (χ0n) is 12.8. The Morgan fingerprint density at radius 3 is 2.76 bits per heavy atom. The van der Waals surface area contributed by atoms with Gasteiger partial charge in [-0.1, -0.05) is 44.5 Å². The van der Waals surface area contributed by atoms with Gasteiger partial charge in [0.2, 0.25) is 0 Å². The van der Waals surface area contributed by atoms with Crippen molar-refractivity contribution >= 4 is 23.3 Å². The molecule has 0 spiro atoms. The number of hydrogen-bond donors (Lipinski definition) is 2. The Balaban J connectivity index is 1.86. The summed E-state index contributed by atoms with van der Waals surface area (Å²) in [7, 11) is 0. The van der Waals surface area contributed by atoms with Crippen molar-refractivity contribution in [3.63, 3.8) is 0 Å². The zero-order valence-corrected chi connectivity index (χ0v) is 13.5. The fourth-order valence-corrected chi connectivity index (χ4v) is 2.94. The van der Waals surface area contributed by atoms with E-state index in [1.165, 1.54) is 0 Å². The summed E-state index contributed by atoms with van der Waals surface area (Å²) in [5.74, 6) is 0.349. The molecule has 0 unspecified atom stereocenters. The van der Waals surface area contributed by atoms with E-state index < -0.39 is 0 Å². The molecule has 2 rings (SSSR count). The van der Waals surface area contributed by atoms with Gasteiger partial charge in [0.15, 0.2) is 0 Å². The van der Waals surface area contributed by atoms with Gasteiger partial charge in [-0.05, 0) is 24.0 Å². The van der Waals surface area contributed by atoms with Crippen LogP contribution < -0.4 is 10.6 Å². The molecule has 1 aliphatic rings. The van der Waals surface area contributed by atoms with Crippen LogP contribution in [-0.4, -0.2) is 25.3 Å². The second-order valence-corrected chi connectivity index (χ2v) is 6.93. The molecule has 2 amide bonds. The second kappa shape index (κ2) is 6.67. The van der Waals surface area contributed by atoms with E-state index in [1.54, 1.807) is 12.1 Å². The molecule has 1 aromatic rings. The van der Waals surface area contributed by atoms with Crippen LogP contribution in [-0.2, 0) is 4.74 Å². The van der Waals surface area contributed by atoms with Crippen molar-refractivity contribution in [3.05, 3.63) is 29.3 Å². The van der Waals surface area contributed by atoms with Crippen molar-refractivity contribution in [2.45, 2.75) is 33.3 Å². The highest BCUT2D eigenvalue weighted by Crippen LogP contribution is 2.34. The Bertz CT molecular complexity index is 499. The maximum atomic E-state index is 12.0. The average Bonchev–Trinajstić information content (AvgIpc) is 2.87. The van der Waals surface area contributed by atoms with E-state index in [2.05, 4.69) is 31.4 Å². The van der Waals surface area contributed by atoms with Crippen LogP contribution in [0.15, 0.2) is 24.3 Å². The molecule has 1 saturated heterocycles. The van der Waals surface area contributed by atoms with Crippen LogP contribution in [0.4, 0.5) is 10.5 Å². The van der Waals surface area contributed by atoms with Gasteiger partial charge in [-0.15, -0.1) is 0 Å². The highest BCUT2D eigenvalue weighted by atomic mass is 35.5. The van der Waals surface area contributed by atoms with E-state index in [0.29, 0.717) is 23.2 Å². The fraction of sp³-hybridized carbons (Fsp3) is 0.562. The number of benzene rings is 1. The van der Waals surface area contributed by atoms with Gasteiger partial charge in [-0.2, -0.15) is 0 Å². The van der Waals surface area contributed by atoms with Crippen molar-refractivity contribution in [1.29, 1.82) is 0 Å². The van der Waals surface area contributed by atoms with Crippen LogP contribution in [0.2, 0.25) is 5.02 Å². The number of halogens is 1. The van der Waals surface area contributed by atoms with Gasteiger partial charge in [0, 0.05) is 19.1 Å². The Hall–Kier alpha value is -1.26. The summed E-state index contributed by atoms with van der Waals surface area (Å²) in [6.07, 6.45) is 1.16. The van der Waals surface area contributed by atoms with Gasteiger partial charge in [-0.25, -0.2) is 4.79 Å². The number of carbonyl (C=O) groups is 1. The molecule has 2 N–H and O–H groups in total. The molecule has 1 fully saturated rings. The molecular formula is C16H23ClN2O2. The van der Waals surface area contributed by atoms with Gasteiger partial charge >= 0.3 is 6.03 Å². The van der Waals surface area contributed by atoms with Crippen LogP contribution in [0.1, 0.15) is 27.2 Å². The highest BCUT2D eigenvalue weighted by Gasteiger charge is 2.37. The molecule has 0 aliphatic carbocycles. The first-order valence-electron chi connectivity index (χ1n) is 7.29. The molecule has 0 aromatic heterocycles. The van der Waals surface area contributed by atoms with E-state index in [9.17, 15) is 4.79 Å². The predicted octanol–water partition coefficient (Wildman–Crippen LogP) is 3.91. The lowest BCUT2D eigenvalue weighted by atomic mass is 9.81. The van der Waals surface area contributed by atoms with Crippen molar-refractivity contribution in [2.75, 3.05) is 18.5 Å². The zero-order chi connectivity index (χ0) is 15.5. The number of hydrogen-bond acceptors (Lipinski definition) is 2. The monoisotopic (exact) mass is 310 g/mol. The number of amides is 2. The predicted molar refractivity (Wildman–Crippen MR) is 85.8 cm³/mol. The summed E-state index contributed by atoms with van der Waals surface area (Å²) < 4.78 is 5.81. The molecule has 1 aliphatic heterocycles. The number of carbonyl (C=O) groups excluding carboxylic acids is 1. The third-order valence-electron chi connectivity index (χ3n) is 3.71. The number of ether oxygens (including phenoxy) is 1. The van der Waals surface area contributed by atoms with Gasteiger partial charge in [0.05, 0.1) is 16.8 Å².